The number of sulfonamides is 1. The fraction of sp³-hybridized carbons (Fsp3) is 0.647. The van der Waals surface area contributed by atoms with E-state index in [0.29, 0.717) is 24.0 Å². The molecule has 1 atom stereocenters. The summed E-state index contributed by atoms with van der Waals surface area (Å²) in [7, 11) is 0.538. The van der Waals surface area contributed by atoms with Crippen molar-refractivity contribution in [3.63, 3.8) is 0 Å². The summed E-state index contributed by atoms with van der Waals surface area (Å²) in [5, 5.41) is 0. The van der Waals surface area contributed by atoms with Crippen molar-refractivity contribution in [2.45, 2.75) is 30.2 Å². The number of piperidine rings is 1. The van der Waals surface area contributed by atoms with E-state index in [1.807, 2.05) is 6.07 Å². The lowest BCUT2D eigenvalue weighted by Gasteiger charge is -2.38. The van der Waals surface area contributed by atoms with Crippen LogP contribution in [-0.4, -0.2) is 64.1 Å². The summed E-state index contributed by atoms with van der Waals surface area (Å²) in [6.07, 6.45) is 2.98. The van der Waals surface area contributed by atoms with Crippen molar-refractivity contribution in [3.05, 3.63) is 30.3 Å². The third-order valence-electron chi connectivity index (χ3n) is 5.40. The van der Waals surface area contributed by atoms with E-state index in [0.717, 1.165) is 32.4 Å². The Morgan fingerprint density at radius 2 is 1.87 bits per heavy atom. The summed E-state index contributed by atoms with van der Waals surface area (Å²) in [5.74, 6) is 0. The Bertz CT molecular complexity index is 624. The summed E-state index contributed by atoms with van der Waals surface area (Å²) in [6.45, 7) is 3.03. The maximum atomic E-state index is 12.7. The van der Waals surface area contributed by atoms with Gasteiger partial charge < -0.3 is 9.64 Å². The minimum absolute atomic E-state index is 0.251. The smallest absolute Gasteiger partial charge is 0.243 e. The molecule has 6 heteroatoms. The number of hydrogen-bond donors (Lipinski definition) is 0. The minimum atomic E-state index is -3.35. The molecule has 2 heterocycles. The molecule has 2 saturated heterocycles. The maximum Gasteiger partial charge on any atom is 0.243 e. The molecule has 2 aliphatic rings. The van der Waals surface area contributed by atoms with Crippen molar-refractivity contribution in [2.75, 3.05) is 40.4 Å². The van der Waals surface area contributed by atoms with Gasteiger partial charge in [-0.3, -0.25) is 0 Å². The molecule has 0 radical (unpaired) electrons. The first-order valence-corrected chi connectivity index (χ1v) is 9.65. The lowest BCUT2D eigenvalue weighted by Crippen LogP contribution is -2.44. The molecule has 2 aliphatic heterocycles. The molecule has 1 aromatic carbocycles. The summed E-state index contributed by atoms with van der Waals surface area (Å²) in [5.41, 5.74) is 0.251. The van der Waals surface area contributed by atoms with Gasteiger partial charge in [0, 0.05) is 32.8 Å². The second-order valence-electron chi connectivity index (χ2n) is 6.95. The summed E-state index contributed by atoms with van der Waals surface area (Å²) in [6, 6.07) is 9.21. The zero-order valence-corrected chi connectivity index (χ0v) is 14.8. The molecule has 0 bridgehead atoms. The van der Waals surface area contributed by atoms with Crippen molar-refractivity contribution in [1.82, 2.24) is 9.21 Å². The van der Waals surface area contributed by atoms with Crippen molar-refractivity contribution < 1.29 is 13.2 Å². The fourth-order valence-electron chi connectivity index (χ4n) is 4.06. The van der Waals surface area contributed by atoms with E-state index in [1.54, 1.807) is 35.7 Å². The summed E-state index contributed by atoms with van der Waals surface area (Å²) in [4.78, 5) is 2.77. The number of benzene rings is 1. The van der Waals surface area contributed by atoms with Gasteiger partial charge in [-0.2, -0.15) is 4.31 Å². The Morgan fingerprint density at radius 3 is 2.48 bits per heavy atom. The molecule has 0 saturated carbocycles. The molecule has 1 aromatic rings. The van der Waals surface area contributed by atoms with Crippen molar-refractivity contribution in [3.8, 4) is 0 Å². The molecule has 0 aromatic heterocycles. The first kappa shape index (κ1) is 16.9. The van der Waals surface area contributed by atoms with Gasteiger partial charge >= 0.3 is 0 Å². The number of nitrogens with zero attached hydrogens (tertiary/aromatic N) is 2. The first-order valence-electron chi connectivity index (χ1n) is 8.21. The van der Waals surface area contributed by atoms with Gasteiger partial charge in [0.15, 0.2) is 0 Å². The predicted octanol–water partition coefficient (Wildman–Crippen LogP) is 1.81. The first-order chi connectivity index (χ1) is 11.0. The van der Waals surface area contributed by atoms with Gasteiger partial charge in [-0.05, 0) is 43.9 Å². The van der Waals surface area contributed by atoms with Crippen LogP contribution in [0.2, 0.25) is 0 Å². The SMILES string of the molecule is COCC1CC2(CCN(S(=O)(=O)c3ccccc3)CC2)CN1C. The molecular weight excluding hydrogens is 312 g/mol. The third-order valence-corrected chi connectivity index (χ3v) is 7.31. The molecule has 2 fully saturated rings. The normalized spacial score (nSPS) is 25.9. The van der Waals surface area contributed by atoms with Crippen LogP contribution in [-0.2, 0) is 14.8 Å². The molecule has 5 nitrogen and oxygen atoms in total. The van der Waals surface area contributed by atoms with Crippen LogP contribution >= 0.6 is 0 Å². The van der Waals surface area contributed by atoms with Crippen molar-refractivity contribution in [1.29, 1.82) is 0 Å². The lowest BCUT2D eigenvalue weighted by molar-refractivity contribution is 0.129. The Labute approximate surface area is 139 Å². The van der Waals surface area contributed by atoms with E-state index in [9.17, 15) is 8.42 Å². The highest BCUT2D eigenvalue weighted by Gasteiger charge is 2.45. The molecule has 1 unspecified atom stereocenters. The van der Waals surface area contributed by atoms with Crippen LogP contribution < -0.4 is 0 Å². The second kappa shape index (κ2) is 6.51. The summed E-state index contributed by atoms with van der Waals surface area (Å²) < 4.78 is 32.4. The van der Waals surface area contributed by atoms with Crippen LogP contribution in [0.4, 0.5) is 0 Å². The zero-order valence-electron chi connectivity index (χ0n) is 13.9. The van der Waals surface area contributed by atoms with Gasteiger partial charge in [0.2, 0.25) is 10.0 Å². The highest BCUT2D eigenvalue weighted by atomic mass is 32.2. The monoisotopic (exact) mass is 338 g/mol. The maximum absolute atomic E-state index is 12.7. The highest BCUT2D eigenvalue weighted by Crippen LogP contribution is 2.43. The lowest BCUT2D eigenvalue weighted by atomic mass is 9.77. The van der Waals surface area contributed by atoms with Crippen molar-refractivity contribution in [2.24, 2.45) is 5.41 Å². The van der Waals surface area contributed by atoms with Crippen LogP contribution in [0.15, 0.2) is 35.2 Å². The fourth-order valence-corrected chi connectivity index (χ4v) is 5.52. The third kappa shape index (κ3) is 3.31. The van der Waals surface area contributed by atoms with Gasteiger partial charge in [-0.25, -0.2) is 8.42 Å². The van der Waals surface area contributed by atoms with Gasteiger partial charge in [0.1, 0.15) is 0 Å². The minimum Gasteiger partial charge on any atom is -0.383 e. The Morgan fingerprint density at radius 1 is 1.22 bits per heavy atom. The van der Waals surface area contributed by atoms with Crippen molar-refractivity contribution >= 4 is 10.0 Å². The number of hydrogen-bond acceptors (Lipinski definition) is 4. The number of methoxy groups -OCH3 is 1. The van der Waals surface area contributed by atoms with E-state index < -0.39 is 10.0 Å². The summed E-state index contributed by atoms with van der Waals surface area (Å²) >= 11 is 0. The Kier molecular flexibility index (Phi) is 4.78. The van der Waals surface area contributed by atoms with E-state index in [4.69, 9.17) is 4.74 Å². The quantitative estimate of drug-likeness (QED) is 0.840. The average molecular weight is 338 g/mol. The number of rotatable bonds is 4. The molecule has 0 aliphatic carbocycles. The van der Waals surface area contributed by atoms with Crippen LogP contribution in [0.1, 0.15) is 19.3 Å². The van der Waals surface area contributed by atoms with E-state index >= 15 is 0 Å². The Balaban J connectivity index is 1.67. The topological polar surface area (TPSA) is 49.9 Å². The van der Waals surface area contributed by atoms with Crippen LogP contribution in [0.25, 0.3) is 0 Å². The standard InChI is InChI=1S/C17H26N2O3S/c1-18-14-17(12-15(18)13-22-2)8-10-19(11-9-17)23(20,21)16-6-4-3-5-7-16/h3-7,15H,8-14H2,1-2H3. The van der Waals surface area contributed by atoms with Crippen LogP contribution in [0.3, 0.4) is 0 Å². The van der Waals surface area contributed by atoms with E-state index in [1.165, 1.54) is 0 Å². The van der Waals surface area contributed by atoms with Crippen LogP contribution in [0, 0.1) is 5.41 Å². The largest absolute Gasteiger partial charge is 0.383 e. The van der Waals surface area contributed by atoms with Crippen LogP contribution in [0.5, 0.6) is 0 Å². The molecule has 0 amide bonds. The number of likely N-dealkylation sites (N-methyl/N-ethyl adjacent to an activating group) is 1. The number of likely N-dealkylation sites (tertiary alicyclic amines) is 1. The second-order valence-corrected chi connectivity index (χ2v) is 8.88. The van der Waals surface area contributed by atoms with Gasteiger partial charge in [-0.1, -0.05) is 18.2 Å². The molecule has 23 heavy (non-hydrogen) atoms. The molecule has 1 spiro atoms. The number of ether oxygens (including phenoxy) is 1. The predicted molar refractivity (Wildman–Crippen MR) is 89.8 cm³/mol. The molecule has 128 valence electrons. The molecule has 0 N–H and O–H groups in total. The van der Waals surface area contributed by atoms with E-state index in [-0.39, 0.29) is 5.41 Å². The Hall–Kier alpha value is -0.950. The molecule has 3 rings (SSSR count). The van der Waals surface area contributed by atoms with Gasteiger partial charge in [-0.15, -0.1) is 0 Å². The average Bonchev–Trinajstić information content (AvgIpc) is 2.84. The van der Waals surface area contributed by atoms with Gasteiger partial charge in [0.25, 0.3) is 0 Å². The van der Waals surface area contributed by atoms with Gasteiger partial charge in [0.05, 0.1) is 11.5 Å². The molecular formula is C17H26N2O3S. The van der Waals surface area contributed by atoms with E-state index in [2.05, 4.69) is 11.9 Å². The zero-order chi connectivity index (χ0) is 16.5. The highest BCUT2D eigenvalue weighted by molar-refractivity contribution is 7.89.